The molecule has 0 aliphatic rings. The third kappa shape index (κ3) is 4.39. The monoisotopic (exact) mass is 439 g/mol. The molecule has 0 N–H and O–H groups in total. The molecule has 4 aromatic rings. The van der Waals surface area contributed by atoms with Gasteiger partial charge in [-0.3, -0.25) is 0 Å². The van der Waals surface area contributed by atoms with Crippen LogP contribution in [0.4, 0.5) is 0 Å². The quantitative estimate of drug-likeness (QED) is 0.242. The number of hydrogen-bond acceptors (Lipinski definition) is 2. The Morgan fingerprint density at radius 1 is 0.897 bits per heavy atom. The van der Waals surface area contributed by atoms with Gasteiger partial charge in [-0.15, -0.1) is 0 Å². The highest BCUT2D eigenvalue weighted by Crippen LogP contribution is 2.31. The van der Waals surface area contributed by atoms with Crippen molar-refractivity contribution < 1.29 is 4.74 Å². The zero-order valence-electron chi connectivity index (χ0n) is 15.7. The molecule has 0 amide bonds. The van der Waals surface area contributed by atoms with Gasteiger partial charge in [0.05, 0.1) is 11.6 Å². The van der Waals surface area contributed by atoms with Crippen LogP contribution in [-0.2, 0) is 6.61 Å². The standard InChI is InChI=1S/C26H18BrNO/c27-23-13-14-26(29-18-19-7-2-1-3-8-19)21(16-23)15-22(17-28)25-12-6-10-20-9-4-5-11-24(20)25/h1-16H,18H2/b22-15+. The molecule has 140 valence electrons. The van der Waals surface area contributed by atoms with Crippen molar-refractivity contribution in [1.29, 1.82) is 5.26 Å². The van der Waals surface area contributed by atoms with Crippen molar-refractivity contribution in [2.45, 2.75) is 6.61 Å². The van der Waals surface area contributed by atoms with Gasteiger partial charge in [-0.2, -0.15) is 5.26 Å². The van der Waals surface area contributed by atoms with Gasteiger partial charge in [-0.25, -0.2) is 0 Å². The fraction of sp³-hybridized carbons (Fsp3) is 0.0385. The molecule has 0 unspecified atom stereocenters. The third-order valence-corrected chi connectivity index (χ3v) is 5.20. The Kier molecular flexibility index (Phi) is 5.74. The number of fused-ring (bicyclic) bond motifs is 1. The Balaban J connectivity index is 1.74. The zero-order valence-corrected chi connectivity index (χ0v) is 17.3. The van der Waals surface area contributed by atoms with Crippen LogP contribution >= 0.6 is 15.9 Å². The normalized spacial score (nSPS) is 11.2. The van der Waals surface area contributed by atoms with E-state index in [-0.39, 0.29) is 0 Å². The molecule has 0 spiro atoms. The lowest BCUT2D eigenvalue weighted by molar-refractivity contribution is 0.305. The van der Waals surface area contributed by atoms with Crippen LogP contribution in [0.15, 0.2) is 95.5 Å². The van der Waals surface area contributed by atoms with E-state index in [1.165, 1.54) is 0 Å². The molecule has 0 aliphatic carbocycles. The lowest BCUT2D eigenvalue weighted by Crippen LogP contribution is -1.97. The minimum absolute atomic E-state index is 0.472. The van der Waals surface area contributed by atoms with Gasteiger partial charge < -0.3 is 4.74 Å². The first kappa shape index (κ1) is 19.0. The van der Waals surface area contributed by atoms with Gasteiger partial charge in [0.1, 0.15) is 12.4 Å². The van der Waals surface area contributed by atoms with Crippen LogP contribution < -0.4 is 4.74 Å². The molecule has 0 aromatic heterocycles. The second-order valence-electron chi connectivity index (χ2n) is 6.65. The van der Waals surface area contributed by atoms with Crippen LogP contribution in [0.2, 0.25) is 0 Å². The molecule has 4 rings (SSSR count). The topological polar surface area (TPSA) is 33.0 Å². The summed E-state index contributed by atoms with van der Waals surface area (Å²) in [6.07, 6.45) is 1.90. The van der Waals surface area contributed by atoms with Gasteiger partial charge in [0.15, 0.2) is 0 Å². The maximum absolute atomic E-state index is 9.90. The van der Waals surface area contributed by atoms with Gasteiger partial charge in [0.2, 0.25) is 0 Å². The predicted molar refractivity (Wildman–Crippen MR) is 122 cm³/mol. The predicted octanol–water partition coefficient (Wildman–Crippen LogP) is 7.25. The summed E-state index contributed by atoms with van der Waals surface area (Å²) in [5.41, 5.74) is 3.48. The van der Waals surface area contributed by atoms with Crippen LogP contribution in [0.25, 0.3) is 22.4 Å². The van der Waals surface area contributed by atoms with Gasteiger partial charge in [-0.1, -0.05) is 88.7 Å². The molecule has 0 atom stereocenters. The average molecular weight is 440 g/mol. The van der Waals surface area contributed by atoms with E-state index in [2.05, 4.69) is 34.1 Å². The van der Waals surface area contributed by atoms with Crippen molar-refractivity contribution in [2.24, 2.45) is 0 Å². The first-order valence-corrected chi connectivity index (χ1v) is 10.1. The highest BCUT2D eigenvalue weighted by atomic mass is 79.9. The first-order chi connectivity index (χ1) is 14.2. The maximum atomic E-state index is 9.90. The number of benzene rings is 4. The van der Waals surface area contributed by atoms with E-state index in [9.17, 15) is 5.26 Å². The van der Waals surface area contributed by atoms with E-state index in [1.807, 2.05) is 84.9 Å². The van der Waals surface area contributed by atoms with Crippen LogP contribution in [0.3, 0.4) is 0 Å². The van der Waals surface area contributed by atoms with E-state index in [0.29, 0.717) is 12.2 Å². The average Bonchev–Trinajstić information content (AvgIpc) is 2.77. The number of nitriles is 1. The number of hydrogen-bond donors (Lipinski definition) is 0. The summed E-state index contributed by atoms with van der Waals surface area (Å²) in [5, 5.41) is 12.1. The summed E-state index contributed by atoms with van der Waals surface area (Å²) < 4.78 is 7.01. The number of nitrogens with zero attached hydrogens (tertiary/aromatic N) is 1. The first-order valence-electron chi connectivity index (χ1n) is 9.31. The fourth-order valence-corrected chi connectivity index (χ4v) is 3.66. The number of allylic oxidation sites excluding steroid dienone is 1. The van der Waals surface area contributed by atoms with E-state index < -0.39 is 0 Å². The largest absolute Gasteiger partial charge is 0.488 e. The summed E-state index contributed by atoms with van der Waals surface area (Å²) in [5.74, 6) is 0.741. The summed E-state index contributed by atoms with van der Waals surface area (Å²) in [6, 6.07) is 32.4. The smallest absolute Gasteiger partial charge is 0.127 e. The zero-order chi connectivity index (χ0) is 20.1. The summed E-state index contributed by atoms with van der Waals surface area (Å²) in [4.78, 5) is 0. The highest BCUT2D eigenvalue weighted by Gasteiger charge is 2.09. The molecule has 0 saturated heterocycles. The molecule has 0 fully saturated rings. The fourth-order valence-electron chi connectivity index (χ4n) is 3.28. The molecule has 0 radical (unpaired) electrons. The Labute approximate surface area is 178 Å². The summed E-state index contributed by atoms with van der Waals surface area (Å²) in [6.45, 7) is 0.472. The van der Waals surface area contributed by atoms with E-state index in [1.54, 1.807) is 0 Å². The van der Waals surface area contributed by atoms with Crippen LogP contribution in [0.5, 0.6) is 5.75 Å². The van der Waals surface area contributed by atoms with Crippen molar-refractivity contribution in [2.75, 3.05) is 0 Å². The number of halogens is 1. The van der Waals surface area contributed by atoms with Crippen LogP contribution in [0.1, 0.15) is 16.7 Å². The lowest BCUT2D eigenvalue weighted by atomic mass is 9.97. The van der Waals surface area contributed by atoms with Crippen LogP contribution in [0, 0.1) is 11.3 Å². The molecule has 4 aromatic carbocycles. The van der Waals surface area contributed by atoms with Crippen molar-refractivity contribution in [3.63, 3.8) is 0 Å². The maximum Gasteiger partial charge on any atom is 0.127 e. The van der Waals surface area contributed by atoms with E-state index in [0.717, 1.165) is 37.7 Å². The van der Waals surface area contributed by atoms with Crippen LogP contribution in [-0.4, -0.2) is 0 Å². The van der Waals surface area contributed by atoms with E-state index in [4.69, 9.17) is 4.74 Å². The Morgan fingerprint density at radius 2 is 1.66 bits per heavy atom. The SMILES string of the molecule is N#C/C(=C\c1cc(Br)ccc1OCc1ccccc1)c1cccc2ccccc12. The molecule has 0 heterocycles. The van der Waals surface area contributed by atoms with Crippen molar-refractivity contribution in [3.8, 4) is 11.8 Å². The Morgan fingerprint density at radius 3 is 2.48 bits per heavy atom. The Bertz CT molecular complexity index is 1220. The van der Waals surface area contributed by atoms with Crippen molar-refractivity contribution in [3.05, 3.63) is 112 Å². The second kappa shape index (κ2) is 8.77. The van der Waals surface area contributed by atoms with Crippen molar-refractivity contribution in [1.82, 2.24) is 0 Å². The van der Waals surface area contributed by atoms with E-state index >= 15 is 0 Å². The third-order valence-electron chi connectivity index (χ3n) is 4.71. The molecule has 29 heavy (non-hydrogen) atoms. The molecule has 0 bridgehead atoms. The summed E-state index contributed by atoms with van der Waals surface area (Å²) >= 11 is 3.53. The van der Waals surface area contributed by atoms with Gasteiger partial charge >= 0.3 is 0 Å². The summed E-state index contributed by atoms with van der Waals surface area (Å²) in [7, 11) is 0. The molecule has 0 aliphatic heterocycles. The van der Waals surface area contributed by atoms with Gasteiger partial charge in [0.25, 0.3) is 0 Å². The number of rotatable bonds is 5. The molecule has 3 heteroatoms. The Hall–Kier alpha value is -3.35. The molecular weight excluding hydrogens is 422 g/mol. The minimum atomic E-state index is 0.472. The minimum Gasteiger partial charge on any atom is -0.488 e. The molecule has 0 saturated carbocycles. The second-order valence-corrected chi connectivity index (χ2v) is 7.57. The van der Waals surface area contributed by atoms with Crippen molar-refractivity contribution >= 4 is 38.4 Å². The van der Waals surface area contributed by atoms with Gasteiger partial charge in [0, 0.05) is 15.6 Å². The number of ether oxygens (including phenoxy) is 1. The molecular formula is C26H18BrNO. The molecule has 2 nitrogen and oxygen atoms in total. The highest BCUT2D eigenvalue weighted by molar-refractivity contribution is 9.10. The van der Waals surface area contributed by atoms with Gasteiger partial charge in [-0.05, 0) is 40.6 Å². The lowest BCUT2D eigenvalue weighted by Gasteiger charge is -2.11.